The van der Waals surface area contributed by atoms with Crippen LogP contribution in [0, 0.1) is 11.8 Å². The molecule has 0 aromatic carbocycles. The minimum atomic E-state index is -0.920. The van der Waals surface area contributed by atoms with E-state index in [4.69, 9.17) is 5.73 Å². The number of hydrogen-bond donors (Lipinski definition) is 2. The number of carbonyl (C=O) groups is 3. The van der Waals surface area contributed by atoms with Crippen LogP contribution in [0.2, 0.25) is 0 Å². The molecule has 1 fully saturated rings. The Labute approximate surface area is 82.0 Å². The fraction of sp³-hybridized carbons (Fsp3) is 0.667. The van der Waals surface area contributed by atoms with Gasteiger partial charge in [-0.1, -0.05) is 6.92 Å². The number of primary amides is 1. The lowest BCUT2D eigenvalue weighted by Gasteiger charge is -2.11. The summed E-state index contributed by atoms with van der Waals surface area (Å²) in [6.45, 7) is 2.28. The van der Waals surface area contributed by atoms with Crippen LogP contribution < -0.4 is 11.1 Å². The van der Waals surface area contributed by atoms with Crippen molar-refractivity contribution in [1.29, 1.82) is 0 Å². The quantitative estimate of drug-likeness (QED) is 0.580. The summed E-state index contributed by atoms with van der Waals surface area (Å²) in [5, 5.41) is 2.68. The average Bonchev–Trinajstić information content (AvgIpc) is 2.50. The van der Waals surface area contributed by atoms with Crippen LogP contribution in [0.1, 0.15) is 19.8 Å². The average molecular weight is 198 g/mol. The number of carbonyl (C=O) groups excluding carboxylic acids is 3. The maximum absolute atomic E-state index is 11.2. The predicted molar refractivity (Wildman–Crippen MR) is 49.1 cm³/mol. The lowest BCUT2D eigenvalue weighted by molar-refractivity contribution is -0.138. The topological polar surface area (TPSA) is 89.3 Å². The first kappa shape index (κ1) is 10.7. The highest BCUT2D eigenvalue weighted by atomic mass is 16.2. The first-order valence-corrected chi connectivity index (χ1v) is 4.63. The zero-order chi connectivity index (χ0) is 10.7. The van der Waals surface area contributed by atoms with Crippen molar-refractivity contribution in [2.45, 2.75) is 19.8 Å². The van der Waals surface area contributed by atoms with Crippen molar-refractivity contribution in [1.82, 2.24) is 5.32 Å². The van der Waals surface area contributed by atoms with Crippen LogP contribution in [0.4, 0.5) is 0 Å². The Morgan fingerprint density at radius 3 is 2.71 bits per heavy atom. The van der Waals surface area contributed by atoms with Crippen LogP contribution in [0.15, 0.2) is 0 Å². The molecule has 1 heterocycles. The number of rotatable bonds is 4. The van der Waals surface area contributed by atoms with Crippen molar-refractivity contribution in [3.05, 3.63) is 0 Å². The van der Waals surface area contributed by atoms with E-state index < -0.39 is 17.6 Å². The molecule has 78 valence electrons. The molecular weight excluding hydrogens is 184 g/mol. The van der Waals surface area contributed by atoms with Gasteiger partial charge in [-0.3, -0.25) is 14.4 Å². The highest BCUT2D eigenvalue weighted by molar-refractivity contribution is 6.36. The molecule has 2 atom stereocenters. The third-order valence-electron chi connectivity index (χ3n) is 2.49. The van der Waals surface area contributed by atoms with Crippen molar-refractivity contribution in [2.75, 3.05) is 6.54 Å². The van der Waals surface area contributed by atoms with Gasteiger partial charge in [-0.15, -0.1) is 0 Å². The van der Waals surface area contributed by atoms with Gasteiger partial charge < -0.3 is 11.1 Å². The van der Waals surface area contributed by atoms with Crippen LogP contribution >= 0.6 is 0 Å². The monoisotopic (exact) mass is 198 g/mol. The second-order valence-electron chi connectivity index (χ2n) is 3.64. The Kier molecular flexibility index (Phi) is 3.22. The zero-order valence-electron chi connectivity index (χ0n) is 8.08. The van der Waals surface area contributed by atoms with E-state index in [1.54, 1.807) is 6.92 Å². The summed E-state index contributed by atoms with van der Waals surface area (Å²) >= 11 is 0. The summed E-state index contributed by atoms with van der Waals surface area (Å²) in [6, 6.07) is 0. The van der Waals surface area contributed by atoms with Gasteiger partial charge in [0.2, 0.25) is 11.7 Å². The van der Waals surface area contributed by atoms with Crippen molar-refractivity contribution >= 4 is 17.6 Å². The number of Topliss-reactive ketones (excluding diaryl/α,β-unsaturated/α-hetero) is 1. The summed E-state index contributed by atoms with van der Waals surface area (Å²) in [5.41, 5.74) is 4.86. The highest BCUT2D eigenvalue weighted by Gasteiger charge is 2.29. The van der Waals surface area contributed by atoms with Gasteiger partial charge in [0.1, 0.15) is 0 Å². The van der Waals surface area contributed by atoms with Crippen molar-refractivity contribution in [3.8, 4) is 0 Å². The second kappa shape index (κ2) is 4.21. The molecule has 0 saturated carbocycles. The molecule has 0 spiro atoms. The fourth-order valence-corrected chi connectivity index (χ4v) is 1.65. The number of nitrogens with one attached hydrogen (secondary N) is 1. The maximum Gasteiger partial charge on any atom is 0.285 e. The number of ketones is 1. The molecule has 0 aliphatic carbocycles. The van der Waals surface area contributed by atoms with E-state index >= 15 is 0 Å². The van der Waals surface area contributed by atoms with Crippen LogP contribution in [0.3, 0.4) is 0 Å². The molecule has 0 radical (unpaired) electrons. The molecule has 1 aliphatic rings. The van der Waals surface area contributed by atoms with E-state index in [1.807, 2.05) is 0 Å². The minimum Gasteiger partial charge on any atom is -0.363 e. The zero-order valence-corrected chi connectivity index (χ0v) is 8.08. The van der Waals surface area contributed by atoms with Crippen LogP contribution in [0.25, 0.3) is 0 Å². The van der Waals surface area contributed by atoms with Crippen molar-refractivity contribution in [2.24, 2.45) is 17.6 Å². The number of hydrogen-bond acceptors (Lipinski definition) is 3. The molecule has 2 amide bonds. The van der Waals surface area contributed by atoms with Gasteiger partial charge in [-0.2, -0.15) is 0 Å². The predicted octanol–water partition coefficient (Wildman–Crippen LogP) is -0.797. The van der Waals surface area contributed by atoms with Gasteiger partial charge in [0.15, 0.2) is 0 Å². The third kappa shape index (κ3) is 2.31. The summed E-state index contributed by atoms with van der Waals surface area (Å²) in [4.78, 5) is 32.9. The van der Waals surface area contributed by atoms with Gasteiger partial charge in [0.25, 0.3) is 5.91 Å². The molecule has 0 aromatic rings. The van der Waals surface area contributed by atoms with E-state index in [2.05, 4.69) is 5.32 Å². The Morgan fingerprint density at radius 1 is 1.64 bits per heavy atom. The molecule has 5 heteroatoms. The van der Waals surface area contributed by atoms with E-state index in [9.17, 15) is 14.4 Å². The second-order valence-corrected chi connectivity index (χ2v) is 3.64. The molecule has 3 N–H and O–H groups in total. The summed E-state index contributed by atoms with van der Waals surface area (Å²) in [6.07, 6.45) is 1.14. The molecule has 0 unspecified atom stereocenters. The first-order valence-electron chi connectivity index (χ1n) is 4.63. The highest BCUT2D eigenvalue weighted by Crippen LogP contribution is 2.19. The lowest BCUT2D eigenvalue weighted by atomic mass is 9.91. The van der Waals surface area contributed by atoms with Crippen LogP contribution in [-0.2, 0) is 14.4 Å². The smallest absolute Gasteiger partial charge is 0.285 e. The van der Waals surface area contributed by atoms with Crippen LogP contribution in [0.5, 0.6) is 0 Å². The Balaban J connectivity index is 2.47. The van der Waals surface area contributed by atoms with Gasteiger partial charge in [-0.25, -0.2) is 0 Å². The molecule has 5 nitrogen and oxygen atoms in total. The Morgan fingerprint density at radius 2 is 2.29 bits per heavy atom. The molecule has 0 bridgehead atoms. The largest absolute Gasteiger partial charge is 0.363 e. The van der Waals surface area contributed by atoms with Gasteiger partial charge in [0.05, 0.1) is 0 Å². The van der Waals surface area contributed by atoms with E-state index in [1.165, 1.54) is 0 Å². The number of amides is 2. The van der Waals surface area contributed by atoms with Crippen molar-refractivity contribution < 1.29 is 14.4 Å². The maximum atomic E-state index is 11.2. The first-order chi connectivity index (χ1) is 6.52. The molecule has 14 heavy (non-hydrogen) atoms. The molecule has 1 rings (SSSR count). The van der Waals surface area contributed by atoms with E-state index in [0.29, 0.717) is 13.0 Å². The lowest BCUT2D eigenvalue weighted by Crippen LogP contribution is -2.31. The number of nitrogens with two attached hydrogens (primary N) is 1. The summed E-state index contributed by atoms with van der Waals surface area (Å²) in [7, 11) is 0. The fourth-order valence-electron chi connectivity index (χ4n) is 1.65. The molecule has 0 aromatic heterocycles. The SMILES string of the molecule is C[C@@H](C[C@@H]1CCNC1=O)C(=O)C(N)=O. The summed E-state index contributed by atoms with van der Waals surface area (Å²) in [5.74, 6) is -2.15. The Bertz CT molecular complexity index is 275. The van der Waals surface area contributed by atoms with Gasteiger partial charge in [-0.05, 0) is 12.8 Å². The summed E-state index contributed by atoms with van der Waals surface area (Å²) < 4.78 is 0. The Hall–Kier alpha value is -1.39. The standard InChI is InChI=1S/C9H14N2O3/c1-5(7(12)8(10)13)4-6-2-3-11-9(6)14/h5-6H,2-4H2,1H3,(H2,10,13)(H,11,14)/t5-,6-/m0/s1. The van der Waals surface area contributed by atoms with Crippen LogP contribution in [-0.4, -0.2) is 24.1 Å². The van der Waals surface area contributed by atoms with E-state index in [0.717, 1.165) is 6.42 Å². The molecular formula is C9H14N2O3. The van der Waals surface area contributed by atoms with Gasteiger partial charge in [0, 0.05) is 18.4 Å². The normalized spacial score (nSPS) is 22.9. The van der Waals surface area contributed by atoms with E-state index in [-0.39, 0.29) is 11.8 Å². The van der Waals surface area contributed by atoms with Crippen molar-refractivity contribution in [3.63, 3.8) is 0 Å². The third-order valence-corrected chi connectivity index (χ3v) is 2.49. The molecule has 1 aliphatic heterocycles. The molecule has 1 saturated heterocycles. The minimum absolute atomic E-state index is 0.0332. The van der Waals surface area contributed by atoms with Gasteiger partial charge >= 0.3 is 0 Å².